The Kier molecular flexibility index (Phi) is 4.29. The summed E-state index contributed by atoms with van der Waals surface area (Å²) in [5.41, 5.74) is 2.41. The highest BCUT2D eigenvalue weighted by Gasteiger charge is 2.00. The molecule has 0 aliphatic carbocycles. The standard InChI is InChI=1S/C11H17NO2S/c1-10-3-5-11(6-4-10)9-12-7-8-15(2,13)14/h3-6,12H,7-9H2,1-2H3. The normalized spacial score (nSPS) is 11.6. The van der Waals surface area contributed by atoms with E-state index in [0.29, 0.717) is 6.54 Å². The fraction of sp³-hybridized carbons (Fsp3) is 0.455. The van der Waals surface area contributed by atoms with Crippen molar-refractivity contribution >= 4 is 9.84 Å². The Morgan fingerprint density at radius 2 is 1.80 bits per heavy atom. The first-order chi connectivity index (χ1) is 6.97. The summed E-state index contributed by atoms with van der Waals surface area (Å²) in [7, 11) is -2.85. The van der Waals surface area contributed by atoms with E-state index in [4.69, 9.17) is 0 Å². The first-order valence-electron chi connectivity index (χ1n) is 4.91. The van der Waals surface area contributed by atoms with Gasteiger partial charge in [-0.15, -0.1) is 0 Å². The Bertz CT molecular complexity index is 395. The van der Waals surface area contributed by atoms with Crippen molar-refractivity contribution < 1.29 is 8.42 Å². The molecule has 84 valence electrons. The van der Waals surface area contributed by atoms with Crippen molar-refractivity contribution in [3.8, 4) is 0 Å². The van der Waals surface area contributed by atoms with E-state index in [1.165, 1.54) is 17.4 Å². The van der Waals surface area contributed by atoms with Gasteiger partial charge in [0.1, 0.15) is 9.84 Å². The second-order valence-electron chi connectivity index (χ2n) is 3.79. The van der Waals surface area contributed by atoms with E-state index in [9.17, 15) is 8.42 Å². The van der Waals surface area contributed by atoms with Crippen molar-refractivity contribution in [3.63, 3.8) is 0 Å². The molecule has 0 atom stereocenters. The molecule has 1 rings (SSSR count). The first kappa shape index (κ1) is 12.2. The third-order valence-electron chi connectivity index (χ3n) is 2.10. The van der Waals surface area contributed by atoms with Crippen LogP contribution in [0.4, 0.5) is 0 Å². The van der Waals surface area contributed by atoms with Crippen LogP contribution in [0.5, 0.6) is 0 Å². The van der Waals surface area contributed by atoms with Gasteiger partial charge in [-0.2, -0.15) is 0 Å². The predicted molar refractivity (Wildman–Crippen MR) is 62.6 cm³/mol. The summed E-state index contributed by atoms with van der Waals surface area (Å²) < 4.78 is 21.7. The van der Waals surface area contributed by atoms with Crippen LogP contribution >= 0.6 is 0 Å². The summed E-state index contributed by atoms with van der Waals surface area (Å²) in [5, 5.41) is 3.10. The van der Waals surface area contributed by atoms with Crippen LogP contribution in [-0.4, -0.2) is 27.0 Å². The van der Waals surface area contributed by atoms with Gasteiger partial charge < -0.3 is 5.32 Å². The molecular formula is C11H17NO2S. The average molecular weight is 227 g/mol. The van der Waals surface area contributed by atoms with Gasteiger partial charge in [0.2, 0.25) is 0 Å². The van der Waals surface area contributed by atoms with Crippen LogP contribution < -0.4 is 5.32 Å². The number of hydrogen-bond acceptors (Lipinski definition) is 3. The van der Waals surface area contributed by atoms with E-state index in [2.05, 4.69) is 5.32 Å². The van der Waals surface area contributed by atoms with Crippen LogP contribution in [0.2, 0.25) is 0 Å². The van der Waals surface area contributed by atoms with Crippen molar-refractivity contribution in [1.29, 1.82) is 0 Å². The Balaban J connectivity index is 2.29. The lowest BCUT2D eigenvalue weighted by Crippen LogP contribution is -2.21. The van der Waals surface area contributed by atoms with Gasteiger partial charge in [-0.05, 0) is 12.5 Å². The monoisotopic (exact) mass is 227 g/mol. The highest BCUT2D eigenvalue weighted by Crippen LogP contribution is 2.02. The Hall–Kier alpha value is -0.870. The summed E-state index contributed by atoms with van der Waals surface area (Å²) >= 11 is 0. The average Bonchev–Trinajstić information content (AvgIpc) is 2.14. The van der Waals surface area contributed by atoms with Crippen LogP contribution in [0.3, 0.4) is 0 Å². The van der Waals surface area contributed by atoms with Gasteiger partial charge in [0.05, 0.1) is 5.75 Å². The van der Waals surface area contributed by atoms with Crippen molar-refractivity contribution in [1.82, 2.24) is 5.32 Å². The number of aryl methyl sites for hydroxylation is 1. The summed E-state index contributed by atoms with van der Waals surface area (Å²) in [6.45, 7) is 3.27. The van der Waals surface area contributed by atoms with Gasteiger partial charge in [0, 0.05) is 19.3 Å². The van der Waals surface area contributed by atoms with E-state index in [1.807, 2.05) is 31.2 Å². The van der Waals surface area contributed by atoms with Gasteiger partial charge in [-0.3, -0.25) is 0 Å². The van der Waals surface area contributed by atoms with Crippen LogP contribution in [-0.2, 0) is 16.4 Å². The first-order valence-corrected chi connectivity index (χ1v) is 6.97. The van der Waals surface area contributed by atoms with Crippen molar-refractivity contribution in [2.75, 3.05) is 18.6 Å². The van der Waals surface area contributed by atoms with Gasteiger partial charge in [-0.1, -0.05) is 29.8 Å². The molecule has 1 aromatic rings. The molecule has 0 radical (unpaired) electrons. The maximum atomic E-state index is 10.8. The Morgan fingerprint density at radius 3 is 2.33 bits per heavy atom. The van der Waals surface area contributed by atoms with Crippen molar-refractivity contribution in [2.24, 2.45) is 0 Å². The molecular weight excluding hydrogens is 210 g/mol. The van der Waals surface area contributed by atoms with Gasteiger partial charge >= 0.3 is 0 Å². The summed E-state index contributed by atoms with van der Waals surface area (Å²) in [5.74, 6) is 0.193. The van der Waals surface area contributed by atoms with Crippen molar-refractivity contribution in [2.45, 2.75) is 13.5 Å². The molecule has 0 aliphatic rings. The molecule has 0 fully saturated rings. The third kappa shape index (κ3) is 5.54. The topological polar surface area (TPSA) is 46.2 Å². The van der Waals surface area contributed by atoms with E-state index in [1.54, 1.807) is 0 Å². The molecule has 0 heterocycles. The number of rotatable bonds is 5. The molecule has 0 saturated carbocycles. The van der Waals surface area contributed by atoms with Gasteiger partial charge in [-0.25, -0.2) is 8.42 Å². The minimum atomic E-state index is -2.85. The third-order valence-corrected chi connectivity index (χ3v) is 3.05. The zero-order chi connectivity index (χ0) is 11.3. The number of hydrogen-bond donors (Lipinski definition) is 1. The number of benzene rings is 1. The zero-order valence-electron chi connectivity index (χ0n) is 9.16. The van der Waals surface area contributed by atoms with Crippen LogP contribution in [0, 0.1) is 6.92 Å². The molecule has 3 nitrogen and oxygen atoms in total. The van der Waals surface area contributed by atoms with Gasteiger partial charge in [0.25, 0.3) is 0 Å². The summed E-state index contributed by atoms with van der Waals surface area (Å²) in [6.07, 6.45) is 1.25. The molecule has 0 aromatic heterocycles. The van der Waals surface area contributed by atoms with E-state index in [-0.39, 0.29) is 5.75 Å². The molecule has 1 N–H and O–H groups in total. The Morgan fingerprint density at radius 1 is 1.20 bits per heavy atom. The van der Waals surface area contributed by atoms with E-state index in [0.717, 1.165) is 6.54 Å². The molecule has 0 aliphatic heterocycles. The van der Waals surface area contributed by atoms with Crippen molar-refractivity contribution in [3.05, 3.63) is 35.4 Å². The largest absolute Gasteiger partial charge is 0.312 e. The molecule has 0 amide bonds. The highest BCUT2D eigenvalue weighted by atomic mass is 32.2. The second-order valence-corrected chi connectivity index (χ2v) is 6.05. The molecule has 0 spiro atoms. The maximum Gasteiger partial charge on any atom is 0.148 e. The maximum absolute atomic E-state index is 10.8. The molecule has 0 saturated heterocycles. The number of sulfone groups is 1. The fourth-order valence-electron chi connectivity index (χ4n) is 1.20. The smallest absolute Gasteiger partial charge is 0.148 e. The SMILES string of the molecule is Cc1ccc(CNCCS(C)(=O)=O)cc1. The molecule has 15 heavy (non-hydrogen) atoms. The molecule has 0 bridgehead atoms. The Labute approximate surface area is 91.4 Å². The molecule has 0 unspecified atom stereocenters. The van der Waals surface area contributed by atoms with Gasteiger partial charge in [0.15, 0.2) is 0 Å². The van der Waals surface area contributed by atoms with E-state index >= 15 is 0 Å². The quantitative estimate of drug-likeness (QED) is 0.767. The fourth-order valence-corrected chi connectivity index (χ4v) is 1.71. The van der Waals surface area contributed by atoms with E-state index < -0.39 is 9.84 Å². The van der Waals surface area contributed by atoms with Crippen LogP contribution in [0.1, 0.15) is 11.1 Å². The molecule has 1 aromatic carbocycles. The lowest BCUT2D eigenvalue weighted by Gasteiger charge is -2.04. The molecule has 4 heteroatoms. The summed E-state index contributed by atoms with van der Waals surface area (Å²) in [4.78, 5) is 0. The lowest BCUT2D eigenvalue weighted by atomic mass is 10.1. The van der Waals surface area contributed by atoms with Crippen LogP contribution in [0.25, 0.3) is 0 Å². The number of nitrogens with one attached hydrogen (secondary N) is 1. The highest BCUT2D eigenvalue weighted by molar-refractivity contribution is 7.90. The zero-order valence-corrected chi connectivity index (χ0v) is 9.97. The summed E-state index contributed by atoms with van der Waals surface area (Å²) in [6, 6.07) is 8.19. The minimum Gasteiger partial charge on any atom is -0.312 e. The second kappa shape index (κ2) is 5.28. The van der Waals surface area contributed by atoms with Crippen LogP contribution in [0.15, 0.2) is 24.3 Å². The minimum absolute atomic E-state index is 0.193. The predicted octanol–water partition coefficient (Wildman–Crippen LogP) is 1.13. The lowest BCUT2D eigenvalue weighted by molar-refractivity contribution is 0.596.